The molecule has 0 aliphatic heterocycles. The Morgan fingerprint density at radius 3 is 2.55 bits per heavy atom. The zero-order valence-corrected chi connectivity index (χ0v) is 13.4. The van der Waals surface area contributed by atoms with E-state index in [1.165, 1.54) is 26.2 Å². The van der Waals surface area contributed by atoms with Crippen molar-refractivity contribution in [2.45, 2.75) is 24.7 Å². The highest BCUT2D eigenvalue weighted by molar-refractivity contribution is 7.89. The lowest BCUT2D eigenvalue weighted by atomic mass is 10.2. The molecule has 112 valence electrons. The summed E-state index contributed by atoms with van der Waals surface area (Å²) < 4.78 is 25.2. The van der Waals surface area contributed by atoms with Crippen LogP contribution in [-0.2, 0) is 14.8 Å². The van der Waals surface area contributed by atoms with Gasteiger partial charge in [0.15, 0.2) is 0 Å². The minimum atomic E-state index is -3.51. The molecule has 0 heterocycles. The fourth-order valence-corrected chi connectivity index (χ4v) is 2.61. The van der Waals surface area contributed by atoms with Crippen LogP contribution in [0.4, 0.5) is 5.69 Å². The van der Waals surface area contributed by atoms with E-state index in [-0.39, 0.29) is 10.8 Å². The predicted molar refractivity (Wildman–Crippen MR) is 80.6 cm³/mol. The van der Waals surface area contributed by atoms with Gasteiger partial charge in [0, 0.05) is 32.1 Å². The van der Waals surface area contributed by atoms with Crippen molar-refractivity contribution >= 4 is 33.2 Å². The first-order valence-electron chi connectivity index (χ1n) is 6.18. The summed E-state index contributed by atoms with van der Waals surface area (Å²) in [5.74, 6) is 0.245. The number of hydrogen-bond acceptors (Lipinski definition) is 3. The highest BCUT2D eigenvalue weighted by atomic mass is 35.5. The lowest BCUT2D eigenvalue weighted by Crippen LogP contribution is -2.22. The SMILES string of the molecule is Cc1ccc(S(=O)(=O)N(C)C)cc1NC(=O)CCCCl. The van der Waals surface area contributed by atoms with Gasteiger partial charge in [0.2, 0.25) is 15.9 Å². The van der Waals surface area contributed by atoms with Gasteiger partial charge >= 0.3 is 0 Å². The normalized spacial score (nSPS) is 11.7. The molecule has 1 aromatic rings. The molecule has 0 spiro atoms. The molecule has 0 radical (unpaired) electrons. The van der Waals surface area contributed by atoms with Gasteiger partial charge in [-0.25, -0.2) is 12.7 Å². The number of aryl methyl sites for hydroxylation is 1. The Bertz CT molecular complexity index is 585. The molecule has 0 saturated carbocycles. The van der Waals surface area contributed by atoms with Crippen molar-refractivity contribution in [3.05, 3.63) is 23.8 Å². The van der Waals surface area contributed by atoms with E-state index >= 15 is 0 Å². The van der Waals surface area contributed by atoms with E-state index in [0.29, 0.717) is 24.4 Å². The fraction of sp³-hybridized carbons (Fsp3) is 0.462. The molecule has 0 aliphatic rings. The number of amides is 1. The van der Waals surface area contributed by atoms with Crippen molar-refractivity contribution in [3.8, 4) is 0 Å². The standard InChI is InChI=1S/C13H19ClN2O3S/c1-10-6-7-11(20(18,19)16(2)3)9-12(10)15-13(17)5-4-8-14/h6-7,9H,4-5,8H2,1-3H3,(H,15,17). The Morgan fingerprint density at radius 2 is 2.00 bits per heavy atom. The van der Waals surface area contributed by atoms with Gasteiger partial charge in [0.05, 0.1) is 4.90 Å². The average molecular weight is 319 g/mol. The van der Waals surface area contributed by atoms with Crippen LogP contribution in [0.2, 0.25) is 0 Å². The van der Waals surface area contributed by atoms with Crippen LogP contribution in [0.1, 0.15) is 18.4 Å². The summed E-state index contributed by atoms with van der Waals surface area (Å²) in [6, 6.07) is 4.68. The first-order valence-corrected chi connectivity index (χ1v) is 8.15. The number of anilines is 1. The molecular formula is C13H19ClN2O3S. The average Bonchev–Trinajstić information content (AvgIpc) is 2.38. The molecule has 0 aliphatic carbocycles. The second-order valence-corrected chi connectivity index (χ2v) is 7.13. The summed E-state index contributed by atoms with van der Waals surface area (Å²) in [7, 11) is -0.576. The van der Waals surface area contributed by atoms with Gasteiger partial charge in [-0.3, -0.25) is 4.79 Å². The van der Waals surface area contributed by atoms with E-state index in [0.717, 1.165) is 9.87 Å². The van der Waals surface area contributed by atoms with E-state index in [1.807, 2.05) is 6.92 Å². The molecule has 0 saturated heterocycles. The van der Waals surface area contributed by atoms with Gasteiger partial charge in [0.1, 0.15) is 0 Å². The maximum Gasteiger partial charge on any atom is 0.242 e. The van der Waals surface area contributed by atoms with Gasteiger partial charge in [0.25, 0.3) is 0 Å². The first-order chi connectivity index (χ1) is 9.28. The van der Waals surface area contributed by atoms with Crippen LogP contribution in [0.3, 0.4) is 0 Å². The van der Waals surface area contributed by atoms with Crippen LogP contribution >= 0.6 is 11.6 Å². The second-order valence-electron chi connectivity index (χ2n) is 4.60. The van der Waals surface area contributed by atoms with Crippen LogP contribution < -0.4 is 5.32 Å². The van der Waals surface area contributed by atoms with Crippen molar-refractivity contribution in [1.82, 2.24) is 4.31 Å². The molecule has 1 N–H and O–H groups in total. The van der Waals surface area contributed by atoms with Crippen LogP contribution in [0, 0.1) is 6.92 Å². The number of benzene rings is 1. The first kappa shape index (κ1) is 16.9. The molecule has 0 aromatic heterocycles. The number of nitrogens with one attached hydrogen (secondary N) is 1. The van der Waals surface area contributed by atoms with Crippen molar-refractivity contribution in [2.75, 3.05) is 25.3 Å². The van der Waals surface area contributed by atoms with Crippen molar-refractivity contribution in [2.24, 2.45) is 0 Å². The lowest BCUT2D eigenvalue weighted by Gasteiger charge is -2.14. The smallest absolute Gasteiger partial charge is 0.242 e. The number of alkyl halides is 1. The minimum Gasteiger partial charge on any atom is -0.326 e. The summed E-state index contributed by atoms with van der Waals surface area (Å²) in [5.41, 5.74) is 1.31. The number of hydrogen-bond donors (Lipinski definition) is 1. The third kappa shape index (κ3) is 4.19. The van der Waals surface area contributed by atoms with E-state index < -0.39 is 10.0 Å². The van der Waals surface area contributed by atoms with Crippen molar-refractivity contribution < 1.29 is 13.2 Å². The van der Waals surface area contributed by atoms with Crippen LogP contribution in [0.15, 0.2) is 23.1 Å². The van der Waals surface area contributed by atoms with Gasteiger partial charge in [-0.1, -0.05) is 6.07 Å². The highest BCUT2D eigenvalue weighted by Crippen LogP contribution is 2.22. The second kappa shape index (κ2) is 7.06. The van der Waals surface area contributed by atoms with Crippen molar-refractivity contribution in [3.63, 3.8) is 0 Å². The van der Waals surface area contributed by atoms with Crippen molar-refractivity contribution in [1.29, 1.82) is 0 Å². The van der Waals surface area contributed by atoms with Gasteiger partial charge < -0.3 is 5.32 Å². The molecule has 0 bridgehead atoms. The quantitative estimate of drug-likeness (QED) is 0.818. The lowest BCUT2D eigenvalue weighted by molar-refractivity contribution is -0.116. The van der Waals surface area contributed by atoms with E-state index in [2.05, 4.69) is 5.32 Å². The molecule has 20 heavy (non-hydrogen) atoms. The minimum absolute atomic E-state index is 0.153. The monoisotopic (exact) mass is 318 g/mol. The maximum atomic E-state index is 12.0. The Kier molecular flexibility index (Phi) is 5.98. The zero-order chi connectivity index (χ0) is 15.3. The van der Waals surface area contributed by atoms with Crippen LogP contribution in [0.25, 0.3) is 0 Å². The van der Waals surface area contributed by atoms with E-state index in [9.17, 15) is 13.2 Å². The summed E-state index contributed by atoms with van der Waals surface area (Å²) in [5, 5.41) is 2.72. The van der Waals surface area contributed by atoms with Gasteiger partial charge in [-0.2, -0.15) is 0 Å². The van der Waals surface area contributed by atoms with Gasteiger partial charge in [-0.05, 0) is 31.0 Å². The van der Waals surface area contributed by atoms with Gasteiger partial charge in [-0.15, -0.1) is 11.6 Å². The molecule has 1 amide bonds. The fourth-order valence-electron chi connectivity index (χ4n) is 1.55. The Hall–Kier alpha value is -1.11. The summed E-state index contributed by atoms with van der Waals surface area (Å²) in [6.07, 6.45) is 0.899. The molecule has 0 unspecified atom stereocenters. The summed E-state index contributed by atoms with van der Waals surface area (Å²) in [6.45, 7) is 1.81. The number of sulfonamides is 1. The molecule has 5 nitrogen and oxygen atoms in total. The molecule has 0 fully saturated rings. The largest absolute Gasteiger partial charge is 0.326 e. The Balaban J connectivity index is 3.01. The van der Waals surface area contributed by atoms with E-state index in [4.69, 9.17) is 11.6 Å². The predicted octanol–water partition coefficient (Wildman–Crippen LogP) is 2.20. The zero-order valence-electron chi connectivity index (χ0n) is 11.8. The summed E-state index contributed by atoms with van der Waals surface area (Å²) in [4.78, 5) is 11.8. The Morgan fingerprint density at radius 1 is 1.35 bits per heavy atom. The Labute approximate surface area is 125 Å². The third-order valence-electron chi connectivity index (χ3n) is 2.80. The summed E-state index contributed by atoms with van der Waals surface area (Å²) >= 11 is 5.53. The molecular weight excluding hydrogens is 300 g/mol. The third-order valence-corrected chi connectivity index (χ3v) is 4.88. The number of halogens is 1. The topological polar surface area (TPSA) is 66.5 Å². The molecule has 0 atom stereocenters. The maximum absolute atomic E-state index is 12.0. The molecule has 1 rings (SSSR count). The van der Waals surface area contributed by atoms with E-state index in [1.54, 1.807) is 6.07 Å². The van der Waals surface area contributed by atoms with Crippen LogP contribution in [-0.4, -0.2) is 38.6 Å². The number of nitrogens with zero attached hydrogens (tertiary/aromatic N) is 1. The molecule has 1 aromatic carbocycles. The highest BCUT2D eigenvalue weighted by Gasteiger charge is 2.18. The number of carbonyl (C=O) groups is 1. The van der Waals surface area contributed by atoms with Crippen LogP contribution in [0.5, 0.6) is 0 Å². The number of rotatable bonds is 6. The number of carbonyl (C=O) groups excluding carboxylic acids is 1. The molecule has 7 heteroatoms.